The minimum absolute atomic E-state index is 0.387. The molecule has 7 heteroatoms. The summed E-state index contributed by atoms with van der Waals surface area (Å²) in [5.74, 6) is -1.10. The molecule has 0 aromatic heterocycles. The summed E-state index contributed by atoms with van der Waals surface area (Å²) in [6.07, 6.45) is 0.836. The average Bonchev–Trinajstić information content (AvgIpc) is 2.15. The molecule has 0 radical (unpaired) electrons. The molecule has 0 saturated heterocycles. The molecule has 0 aliphatic carbocycles. The van der Waals surface area contributed by atoms with Gasteiger partial charge >= 0.3 is 5.97 Å². The Kier molecular flexibility index (Phi) is 9.56. The van der Waals surface area contributed by atoms with Gasteiger partial charge in [0.1, 0.15) is 12.8 Å². The summed E-state index contributed by atoms with van der Waals surface area (Å²) in [5.41, 5.74) is 1.67. The standard InChI is InChI=1S/C5H7N3O4.C2H6/c1-4(8(11)12)2-6-7-3-5(9)10;1-2/h2,7H,1,3H2,(H,9,10);1-2H3/b6-2-;. The fraction of sp³-hybridized carbons (Fsp3) is 0.429. The second kappa shape index (κ2) is 9.17. The van der Waals surface area contributed by atoms with Crippen LogP contribution in [0.1, 0.15) is 13.8 Å². The number of hydrazone groups is 1. The zero-order valence-corrected chi connectivity index (χ0v) is 8.06. The van der Waals surface area contributed by atoms with Crippen LogP contribution in [0.5, 0.6) is 0 Å². The molecule has 0 aliphatic heterocycles. The summed E-state index contributed by atoms with van der Waals surface area (Å²) in [6.45, 7) is 6.65. The monoisotopic (exact) mass is 203 g/mol. The number of nitrogens with one attached hydrogen (secondary N) is 1. The Morgan fingerprint density at radius 3 is 2.57 bits per heavy atom. The summed E-state index contributed by atoms with van der Waals surface area (Å²) in [5, 5.41) is 21.2. The number of nitrogens with zero attached hydrogens (tertiary/aromatic N) is 2. The minimum atomic E-state index is -1.10. The van der Waals surface area contributed by atoms with E-state index in [0.29, 0.717) is 0 Å². The highest BCUT2D eigenvalue weighted by Gasteiger charge is 2.00. The van der Waals surface area contributed by atoms with E-state index in [9.17, 15) is 14.9 Å². The van der Waals surface area contributed by atoms with Crippen LogP contribution in [0.25, 0.3) is 0 Å². The van der Waals surface area contributed by atoms with Crippen LogP contribution >= 0.6 is 0 Å². The van der Waals surface area contributed by atoms with Crippen molar-refractivity contribution < 1.29 is 14.8 Å². The number of carboxylic acids is 1. The largest absolute Gasteiger partial charge is 0.480 e. The van der Waals surface area contributed by atoms with E-state index in [1.165, 1.54) is 0 Å². The van der Waals surface area contributed by atoms with Crippen molar-refractivity contribution in [1.82, 2.24) is 5.43 Å². The van der Waals surface area contributed by atoms with Gasteiger partial charge in [0.2, 0.25) is 0 Å². The lowest BCUT2D eigenvalue weighted by Crippen LogP contribution is -2.17. The van der Waals surface area contributed by atoms with E-state index in [0.717, 1.165) is 6.21 Å². The highest BCUT2D eigenvalue weighted by molar-refractivity contribution is 5.74. The van der Waals surface area contributed by atoms with E-state index in [2.05, 4.69) is 17.1 Å². The molecule has 7 nitrogen and oxygen atoms in total. The van der Waals surface area contributed by atoms with Crippen molar-refractivity contribution in [3.63, 3.8) is 0 Å². The lowest BCUT2D eigenvalue weighted by Gasteiger charge is -1.91. The molecule has 80 valence electrons. The van der Waals surface area contributed by atoms with Gasteiger partial charge in [-0.05, 0) is 6.58 Å². The summed E-state index contributed by atoms with van der Waals surface area (Å²) >= 11 is 0. The predicted octanol–water partition coefficient (Wildman–Crippen LogP) is 0.463. The first-order valence-corrected chi connectivity index (χ1v) is 3.85. The fourth-order valence-corrected chi connectivity index (χ4v) is 0.281. The van der Waals surface area contributed by atoms with Gasteiger partial charge in [-0.25, -0.2) is 0 Å². The Bertz CT molecular complexity index is 237. The van der Waals surface area contributed by atoms with Crippen molar-refractivity contribution in [3.05, 3.63) is 22.4 Å². The maximum atomic E-state index is 9.90. The number of hydrogen-bond donors (Lipinski definition) is 2. The van der Waals surface area contributed by atoms with E-state index < -0.39 is 16.6 Å². The highest BCUT2D eigenvalue weighted by Crippen LogP contribution is 1.83. The van der Waals surface area contributed by atoms with Crippen molar-refractivity contribution >= 4 is 12.2 Å². The lowest BCUT2D eigenvalue weighted by atomic mass is 10.6. The Labute approximate surface area is 81.3 Å². The van der Waals surface area contributed by atoms with Crippen LogP contribution in [0.15, 0.2) is 17.4 Å². The van der Waals surface area contributed by atoms with Gasteiger partial charge in [-0.2, -0.15) is 5.10 Å². The second-order valence-corrected chi connectivity index (χ2v) is 1.74. The third kappa shape index (κ3) is 10.1. The van der Waals surface area contributed by atoms with Gasteiger partial charge in [0.05, 0.1) is 4.92 Å². The van der Waals surface area contributed by atoms with Gasteiger partial charge in [-0.15, -0.1) is 0 Å². The first kappa shape index (κ1) is 14.6. The van der Waals surface area contributed by atoms with Crippen LogP contribution in [0, 0.1) is 10.1 Å². The minimum Gasteiger partial charge on any atom is -0.480 e. The SMILES string of the molecule is C=C(/C=N\NCC(=O)O)[N+](=O)[O-].CC. The highest BCUT2D eigenvalue weighted by atomic mass is 16.6. The molecule has 0 amide bonds. The summed E-state index contributed by atoms with van der Waals surface area (Å²) in [7, 11) is 0. The molecule has 0 aromatic rings. The number of aliphatic carboxylic acids is 1. The Morgan fingerprint density at radius 2 is 2.21 bits per heavy atom. The second-order valence-electron chi connectivity index (χ2n) is 1.74. The van der Waals surface area contributed by atoms with Crippen LogP contribution in [-0.4, -0.2) is 28.8 Å². The first-order valence-electron chi connectivity index (χ1n) is 3.85. The summed E-state index contributed by atoms with van der Waals surface area (Å²) in [6, 6.07) is 0. The van der Waals surface area contributed by atoms with Gasteiger partial charge in [0.25, 0.3) is 5.70 Å². The molecular weight excluding hydrogens is 190 g/mol. The van der Waals surface area contributed by atoms with Crippen LogP contribution in [0.2, 0.25) is 0 Å². The normalized spacial score (nSPS) is 8.71. The van der Waals surface area contributed by atoms with Crippen LogP contribution in [0.4, 0.5) is 0 Å². The molecule has 0 rings (SSSR count). The van der Waals surface area contributed by atoms with Crippen molar-refractivity contribution in [3.8, 4) is 0 Å². The topological polar surface area (TPSA) is 105 Å². The maximum absolute atomic E-state index is 9.90. The Hall–Kier alpha value is -1.92. The molecule has 0 atom stereocenters. The molecule has 0 aromatic carbocycles. The van der Waals surface area contributed by atoms with Crippen LogP contribution in [-0.2, 0) is 4.79 Å². The molecule has 0 unspecified atom stereocenters. The zero-order valence-electron chi connectivity index (χ0n) is 8.06. The van der Waals surface area contributed by atoms with Crippen molar-refractivity contribution in [2.45, 2.75) is 13.8 Å². The van der Waals surface area contributed by atoms with E-state index in [1.807, 2.05) is 13.8 Å². The number of allylic oxidation sites excluding steroid dienone is 1. The van der Waals surface area contributed by atoms with Crippen LogP contribution < -0.4 is 5.43 Å². The Morgan fingerprint density at radius 1 is 1.71 bits per heavy atom. The molecule has 14 heavy (non-hydrogen) atoms. The van der Waals surface area contributed by atoms with Gasteiger partial charge in [0.15, 0.2) is 0 Å². The number of rotatable bonds is 5. The lowest BCUT2D eigenvalue weighted by molar-refractivity contribution is -0.413. The third-order valence-corrected chi connectivity index (χ3v) is 0.770. The average molecular weight is 203 g/mol. The van der Waals surface area contributed by atoms with E-state index in [4.69, 9.17) is 5.11 Å². The zero-order chi connectivity index (χ0) is 11.6. The van der Waals surface area contributed by atoms with Gasteiger partial charge in [0, 0.05) is 0 Å². The Balaban J connectivity index is 0. The van der Waals surface area contributed by atoms with Gasteiger partial charge < -0.3 is 5.11 Å². The molecule has 0 heterocycles. The van der Waals surface area contributed by atoms with Gasteiger partial charge in [-0.3, -0.25) is 20.3 Å². The smallest absolute Gasteiger partial charge is 0.324 e. The quantitative estimate of drug-likeness (QED) is 0.383. The molecule has 0 aliphatic rings. The van der Waals surface area contributed by atoms with E-state index in [1.54, 1.807) is 0 Å². The third-order valence-electron chi connectivity index (χ3n) is 0.770. The van der Waals surface area contributed by atoms with Crippen molar-refractivity contribution in [2.75, 3.05) is 6.54 Å². The summed E-state index contributed by atoms with van der Waals surface area (Å²) < 4.78 is 0. The maximum Gasteiger partial charge on any atom is 0.324 e. The van der Waals surface area contributed by atoms with Gasteiger partial charge in [-0.1, -0.05) is 13.8 Å². The number of hydrogen-bond acceptors (Lipinski definition) is 5. The van der Waals surface area contributed by atoms with E-state index in [-0.39, 0.29) is 6.54 Å². The number of carbonyl (C=O) groups is 1. The summed E-state index contributed by atoms with van der Waals surface area (Å²) in [4.78, 5) is 19.1. The molecule has 2 N–H and O–H groups in total. The van der Waals surface area contributed by atoms with E-state index >= 15 is 0 Å². The molecule has 0 fully saturated rings. The number of nitro groups is 1. The molecular formula is C7H13N3O4. The predicted molar refractivity (Wildman–Crippen MR) is 51.6 cm³/mol. The van der Waals surface area contributed by atoms with Crippen molar-refractivity contribution in [1.29, 1.82) is 0 Å². The molecule has 0 bridgehead atoms. The fourth-order valence-electron chi connectivity index (χ4n) is 0.281. The molecule has 0 saturated carbocycles. The first-order chi connectivity index (χ1) is 6.54. The number of carboxylic acid groups (broad SMARTS) is 1. The molecule has 0 spiro atoms. The van der Waals surface area contributed by atoms with Crippen molar-refractivity contribution in [2.24, 2.45) is 5.10 Å². The van der Waals surface area contributed by atoms with Crippen LogP contribution in [0.3, 0.4) is 0 Å².